The quantitative estimate of drug-likeness (QED) is 0.506. The van der Waals surface area contributed by atoms with Gasteiger partial charge >= 0.3 is 0 Å². The number of fused-ring (bicyclic) bond motifs is 1. The van der Waals surface area contributed by atoms with E-state index >= 15 is 0 Å². The summed E-state index contributed by atoms with van der Waals surface area (Å²) < 4.78 is 2.02. The fourth-order valence-electron chi connectivity index (χ4n) is 4.59. The molecule has 2 aromatic carbocycles. The third kappa shape index (κ3) is 3.71. The molecule has 7 nitrogen and oxygen atoms in total. The zero-order chi connectivity index (χ0) is 21.4. The highest BCUT2D eigenvalue weighted by Gasteiger charge is 2.29. The molecule has 0 aliphatic heterocycles. The average molecular weight is 415 g/mol. The number of hydrogen-bond donors (Lipinski definition) is 2. The Bertz CT molecular complexity index is 1220. The van der Waals surface area contributed by atoms with Crippen molar-refractivity contribution < 1.29 is 4.79 Å². The zero-order valence-electron chi connectivity index (χ0n) is 17.8. The first-order valence-electron chi connectivity index (χ1n) is 10.9. The molecule has 0 saturated heterocycles. The number of aromatic amines is 1. The van der Waals surface area contributed by atoms with Crippen LogP contribution in [0.3, 0.4) is 0 Å². The topological polar surface area (TPSA) is 88.5 Å². The van der Waals surface area contributed by atoms with Crippen molar-refractivity contribution in [3.63, 3.8) is 0 Å². The molecule has 7 heteroatoms. The fraction of sp³-hybridized carbons (Fsp3) is 0.333. The number of amides is 1. The SMILES string of the molecule is CCC(=O)N[C@H]1CC[C@@H](n2nncc2-c2ccc(-c3cc4cn[nH]c4cc3C)cc2)C1. The van der Waals surface area contributed by atoms with E-state index in [0.717, 1.165) is 41.4 Å². The van der Waals surface area contributed by atoms with Crippen molar-refractivity contribution in [1.82, 2.24) is 30.5 Å². The van der Waals surface area contributed by atoms with Gasteiger partial charge < -0.3 is 5.32 Å². The number of benzene rings is 2. The zero-order valence-corrected chi connectivity index (χ0v) is 17.8. The Morgan fingerprint density at radius 1 is 1.16 bits per heavy atom. The summed E-state index contributed by atoms with van der Waals surface area (Å²) in [5.41, 5.74) is 6.75. The highest BCUT2D eigenvalue weighted by Crippen LogP contribution is 2.34. The molecule has 2 aromatic heterocycles. The molecule has 31 heavy (non-hydrogen) atoms. The fourth-order valence-corrected chi connectivity index (χ4v) is 4.59. The molecule has 2 atom stereocenters. The molecule has 0 bridgehead atoms. The number of rotatable bonds is 5. The largest absolute Gasteiger partial charge is 0.353 e. The molecular weight excluding hydrogens is 388 g/mol. The molecule has 1 saturated carbocycles. The summed E-state index contributed by atoms with van der Waals surface area (Å²) in [5.74, 6) is 0.115. The summed E-state index contributed by atoms with van der Waals surface area (Å²) in [5, 5.41) is 19.9. The Morgan fingerprint density at radius 2 is 1.97 bits per heavy atom. The van der Waals surface area contributed by atoms with Gasteiger partial charge in [-0.15, -0.1) is 5.10 Å². The van der Waals surface area contributed by atoms with Crippen LogP contribution in [-0.2, 0) is 4.79 Å². The van der Waals surface area contributed by atoms with Crippen molar-refractivity contribution in [3.8, 4) is 22.4 Å². The van der Waals surface area contributed by atoms with Gasteiger partial charge in [0, 0.05) is 23.4 Å². The molecule has 1 aliphatic rings. The standard InChI is InChI=1S/C24H26N6O/c1-3-24(31)27-19-8-9-20(12-19)30-23(14-26-29-30)17-6-4-16(5-7-17)21-11-18-13-25-28-22(18)10-15(21)2/h4-7,10-11,13-14,19-20H,3,8-9,12H2,1-2H3,(H,25,28)(H,27,31)/t19-,20+/m0/s1. The van der Waals surface area contributed by atoms with Crippen molar-refractivity contribution in [2.45, 2.75) is 51.6 Å². The predicted molar refractivity (Wildman–Crippen MR) is 120 cm³/mol. The Morgan fingerprint density at radius 3 is 2.77 bits per heavy atom. The number of aromatic nitrogens is 5. The van der Waals surface area contributed by atoms with Crippen LogP contribution in [0.25, 0.3) is 33.3 Å². The number of nitrogens with zero attached hydrogens (tertiary/aromatic N) is 4. The van der Waals surface area contributed by atoms with Crippen molar-refractivity contribution >= 4 is 16.8 Å². The summed E-state index contributed by atoms with van der Waals surface area (Å²) in [6.07, 6.45) is 7.07. The minimum absolute atomic E-state index is 0.115. The maximum atomic E-state index is 11.7. The van der Waals surface area contributed by atoms with E-state index in [1.807, 2.05) is 24.0 Å². The van der Waals surface area contributed by atoms with E-state index in [2.05, 4.69) is 69.1 Å². The van der Waals surface area contributed by atoms with Gasteiger partial charge in [0.2, 0.25) is 5.91 Å². The van der Waals surface area contributed by atoms with E-state index in [0.29, 0.717) is 6.42 Å². The van der Waals surface area contributed by atoms with Gasteiger partial charge in [-0.05, 0) is 55.0 Å². The number of carbonyl (C=O) groups excluding carboxylic acids is 1. The Kier molecular flexibility index (Phi) is 5.02. The summed E-state index contributed by atoms with van der Waals surface area (Å²) >= 11 is 0. The van der Waals surface area contributed by atoms with E-state index in [1.165, 1.54) is 16.7 Å². The summed E-state index contributed by atoms with van der Waals surface area (Å²) in [4.78, 5) is 11.7. The molecule has 158 valence electrons. The van der Waals surface area contributed by atoms with E-state index in [-0.39, 0.29) is 18.0 Å². The smallest absolute Gasteiger partial charge is 0.219 e. The molecule has 1 amide bonds. The van der Waals surface area contributed by atoms with E-state index in [9.17, 15) is 4.79 Å². The Balaban J connectivity index is 1.38. The highest BCUT2D eigenvalue weighted by atomic mass is 16.1. The third-order valence-corrected chi connectivity index (χ3v) is 6.29. The lowest BCUT2D eigenvalue weighted by atomic mass is 9.97. The summed E-state index contributed by atoms with van der Waals surface area (Å²) in [6, 6.07) is 13.4. The maximum absolute atomic E-state index is 11.7. The first-order chi connectivity index (χ1) is 15.1. The number of H-pyrrole nitrogens is 1. The molecule has 2 N–H and O–H groups in total. The molecular formula is C24H26N6O. The molecule has 0 unspecified atom stereocenters. The third-order valence-electron chi connectivity index (χ3n) is 6.29. The molecule has 0 radical (unpaired) electrons. The monoisotopic (exact) mass is 414 g/mol. The van der Waals surface area contributed by atoms with Crippen molar-refractivity contribution in [3.05, 3.63) is 54.4 Å². The van der Waals surface area contributed by atoms with E-state index in [4.69, 9.17) is 0 Å². The van der Waals surface area contributed by atoms with Gasteiger partial charge in [-0.25, -0.2) is 4.68 Å². The molecule has 5 rings (SSSR count). The lowest BCUT2D eigenvalue weighted by molar-refractivity contribution is -0.121. The van der Waals surface area contributed by atoms with Crippen LogP contribution in [0.1, 0.15) is 44.2 Å². The van der Waals surface area contributed by atoms with Crippen molar-refractivity contribution in [2.75, 3.05) is 0 Å². The first-order valence-corrected chi connectivity index (χ1v) is 10.9. The minimum atomic E-state index is 0.115. The Hall–Kier alpha value is -3.48. The van der Waals surface area contributed by atoms with Crippen LogP contribution in [0.4, 0.5) is 0 Å². The lowest BCUT2D eigenvalue weighted by Gasteiger charge is -2.15. The van der Waals surface area contributed by atoms with Gasteiger partial charge in [0.25, 0.3) is 0 Å². The van der Waals surface area contributed by atoms with Crippen LogP contribution in [0.5, 0.6) is 0 Å². The van der Waals surface area contributed by atoms with Gasteiger partial charge in [0.15, 0.2) is 0 Å². The average Bonchev–Trinajstić information content (AvgIpc) is 3.53. The number of nitrogens with one attached hydrogen (secondary N) is 2. The molecule has 1 fully saturated rings. The maximum Gasteiger partial charge on any atom is 0.219 e. The number of aryl methyl sites for hydroxylation is 1. The van der Waals surface area contributed by atoms with Crippen molar-refractivity contribution in [2.24, 2.45) is 0 Å². The predicted octanol–water partition coefficient (Wildman–Crippen LogP) is 4.42. The number of carbonyl (C=O) groups is 1. The molecule has 0 spiro atoms. The van der Waals surface area contributed by atoms with Gasteiger partial charge in [-0.3, -0.25) is 9.89 Å². The van der Waals surface area contributed by atoms with Gasteiger partial charge in [-0.1, -0.05) is 36.4 Å². The molecule has 1 aliphatic carbocycles. The van der Waals surface area contributed by atoms with Crippen LogP contribution in [0, 0.1) is 6.92 Å². The second-order valence-corrected chi connectivity index (χ2v) is 8.35. The van der Waals surface area contributed by atoms with Crippen LogP contribution in [-0.4, -0.2) is 37.1 Å². The molecule has 4 aromatic rings. The van der Waals surface area contributed by atoms with Crippen molar-refractivity contribution in [1.29, 1.82) is 0 Å². The highest BCUT2D eigenvalue weighted by molar-refractivity contribution is 5.86. The van der Waals surface area contributed by atoms with Crippen LogP contribution in [0.15, 0.2) is 48.8 Å². The summed E-state index contributed by atoms with van der Waals surface area (Å²) in [7, 11) is 0. The second-order valence-electron chi connectivity index (χ2n) is 8.35. The normalized spacial score (nSPS) is 18.5. The number of hydrogen-bond acceptors (Lipinski definition) is 4. The first kappa shape index (κ1) is 19.5. The lowest BCUT2D eigenvalue weighted by Crippen LogP contribution is -2.32. The summed E-state index contributed by atoms with van der Waals surface area (Å²) in [6.45, 7) is 4.01. The van der Waals surface area contributed by atoms with E-state index < -0.39 is 0 Å². The van der Waals surface area contributed by atoms with Crippen LogP contribution in [0.2, 0.25) is 0 Å². The van der Waals surface area contributed by atoms with E-state index in [1.54, 1.807) is 0 Å². The van der Waals surface area contributed by atoms with Gasteiger partial charge in [0.05, 0.1) is 29.6 Å². The van der Waals surface area contributed by atoms with Crippen LogP contribution < -0.4 is 5.32 Å². The van der Waals surface area contributed by atoms with Gasteiger partial charge in [0.1, 0.15) is 0 Å². The minimum Gasteiger partial charge on any atom is -0.353 e. The second kappa shape index (κ2) is 7.98. The van der Waals surface area contributed by atoms with Gasteiger partial charge in [-0.2, -0.15) is 5.10 Å². The molecule has 2 heterocycles. The van der Waals surface area contributed by atoms with Crippen LogP contribution >= 0.6 is 0 Å². The Labute approximate surface area is 180 Å².